The van der Waals surface area contributed by atoms with Gasteiger partial charge in [0.15, 0.2) is 5.82 Å². The van der Waals surface area contributed by atoms with E-state index in [1.54, 1.807) is 0 Å². The minimum Gasteiger partial charge on any atom is -0.377 e. The molecule has 0 saturated carbocycles. The largest absolute Gasteiger partial charge is 0.377 e. The standard InChI is InChI=1S/C13H15IN4/c14-10-5-1-2-6-11(10)15-9-13-17-16-12-7-3-4-8-18(12)13/h1-2,5-6,15H,3-4,7-9H2. The van der Waals surface area contributed by atoms with Crippen LogP contribution in [-0.4, -0.2) is 14.8 Å². The van der Waals surface area contributed by atoms with E-state index in [2.05, 4.69) is 54.8 Å². The number of benzene rings is 1. The summed E-state index contributed by atoms with van der Waals surface area (Å²) in [6, 6.07) is 8.28. The van der Waals surface area contributed by atoms with Gasteiger partial charge in [0.1, 0.15) is 5.82 Å². The van der Waals surface area contributed by atoms with Crippen LogP contribution in [0.15, 0.2) is 24.3 Å². The lowest BCUT2D eigenvalue weighted by Gasteiger charge is -2.15. The Morgan fingerprint density at radius 2 is 2.11 bits per heavy atom. The smallest absolute Gasteiger partial charge is 0.152 e. The van der Waals surface area contributed by atoms with E-state index >= 15 is 0 Å². The molecular weight excluding hydrogens is 339 g/mol. The van der Waals surface area contributed by atoms with E-state index in [4.69, 9.17) is 0 Å². The molecule has 0 bridgehead atoms. The van der Waals surface area contributed by atoms with E-state index in [0.29, 0.717) is 0 Å². The highest BCUT2D eigenvalue weighted by Gasteiger charge is 2.15. The number of nitrogens with one attached hydrogen (secondary N) is 1. The fraction of sp³-hybridized carbons (Fsp3) is 0.385. The SMILES string of the molecule is Ic1ccccc1NCc1nnc2n1CCCC2. The molecule has 1 aliphatic rings. The predicted molar refractivity (Wildman–Crippen MR) is 79.4 cm³/mol. The molecule has 94 valence electrons. The first-order valence-corrected chi connectivity index (χ1v) is 7.32. The van der Waals surface area contributed by atoms with Gasteiger partial charge in [0.2, 0.25) is 0 Å². The van der Waals surface area contributed by atoms with E-state index in [1.807, 2.05) is 12.1 Å². The van der Waals surface area contributed by atoms with Gasteiger partial charge < -0.3 is 9.88 Å². The summed E-state index contributed by atoms with van der Waals surface area (Å²) < 4.78 is 3.49. The summed E-state index contributed by atoms with van der Waals surface area (Å²) in [4.78, 5) is 0. The maximum absolute atomic E-state index is 4.29. The van der Waals surface area contributed by atoms with Crippen molar-refractivity contribution < 1.29 is 0 Å². The van der Waals surface area contributed by atoms with Crippen LogP contribution in [0.25, 0.3) is 0 Å². The van der Waals surface area contributed by atoms with Gasteiger partial charge in [-0.1, -0.05) is 12.1 Å². The molecule has 1 N–H and O–H groups in total. The van der Waals surface area contributed by atoms with Crippen LogP contribution in [0.5, 0.6) is 0 Å². The van der Waals surface area contributed by atoms with E-state index in [1.165, 1.54) is 16.4 Å². The van der Waals surface area contributed by atoms with E-state index in [9.17, 15) is 0 Å². The molecular formula is C13H15IN4. The average molecular weight is 354 g/mol. The highest BCUT2D eigenvalue weighted by atomic mass is 127. The summed E-state index contributed by atoms with van der Waals surface area (Å²) in [5.41, 5.74) is 1.16. The fourth-order valence-corrected chi connectivity index (χ4v) is 2.86. The molecule has 0 spiro atoms. The van der Waals surface area contributed by atoms with Crippen molar-refractivity contribution in [2.45, 2.75) is 32.4 Å². The van der Waals surface area contributed by atoms with Crippen LogP contribution in [0, 0.1) is 3.57 Å². The Kier molecular flexibility index (Phi) is 3.49. The van der Waals surface area contributed by atoms with Crippen molar-refractivity contribution in [1.82, 2.24) is 14.8 Å². The second-order valence-corrected chi connectivity index (χ2v) is 5.64. The highest BCUT2D eigenvalue weighted by molar-refractivity contribution is 14.1. The van der Waals surface area contributed by atoms with Gasteiger partial charge in [-0.15, -0.1) is 10.2 Å². The fourth-order valence-electron chi connectivity index (χ4n) is 2.28. The Balaban J connectivity index is 1.74. The number of para-hydroxylation sites is 1. The van der Waals surface area contributed by atoms with E-state index < -0.39 is 0 Å². The lowest BCUT2D eigenvalue weighted by molar-refractivity contribution is 0.510. The number of fused-ring (bicyclic) bond motifs is 1. The van der Waals surface area contributed by atoms with E-state index in [-0.39, 0.29) is 0 Å². The number of aryl methyl sites for hydroxylation is 1. The molecule has 1 aromatic carbocycles. The molecule has 3 rings (SSSR count). The molecule has 5 heteroatoms. The number of rotatable bonds is 3. The maximum atomic E-state index is 4.29. The molecule has 1 aromatic heterocycles. The van der Waals surface area contributed by atoms with Crippen LogP contribution in [0.4, 0.5) is 5.69 Å². The zero-order chi connectivity index (χ0) is 12.4. The summed E-state index contributed by atoms with van der Waals surface area (Å²) in [6.45, 7) is 1.80. The monoisotopic (exact) mass is 354 g/mol. The molecule has 2 aromatic rings. The van der Waals surface area contributed by atoms with Crippen molar-refractivity contribution in [2.24, 2.45) is 0 Å². The second kappa shape index (κ2) is 5.26. The lowest BCUT2D eigenvalue weighted by atomic mass is 10.2. The Bertz CT molecular complexity index is 550. The first-order chi connectivity index (χ1) is 8.84. The highest BCUT2D eigenvalue weighted by Crippen LogP contribution is 2.19. The second-order valence-electron chi connectivity index (χ2n) is 4.47. The number of anilines is 1. The maximum Gasteiger partial charge on any atom is 0.152 e. The normalized spacial score (nSPS) is 14.3. The summed E-state index contributed by atoms with van der Waals surface area (Å²) in [5, 5.41) is 12.0. The molecule has 0 radical (unpaired) electrons. The molecule has 0 amide bonds. The third kappa shape index (κ3) is 2.36. The number of nitrogens with zero attached hydrogens (tertiary/aromatic N) is 3. The van der Waals surface area contributed by atoms with Crippen molar-refractivity contribution in [3.05, 3.63) is 39.5 Å². The van der Waals surface area contributed by atoms with Crippen LogP contribution >= 0.6 is 22.6 Å². The summed E-state index contributed by atoms with van der Waals surface area (Å²) in [5.74, 6) is 2.19. The van der Waals surface area contributed by atoms with Gasteiger partial charge in [0.25, 0.3) is 0 Å². The Labute approximate surface area is 120 Å². The third-order valence-corrected chi connectivity index (χ3v) is 4.19. The van der Waals surface area contributed by atoms with Crippen molar-refractivity contribution in [1.29, 1.82) is 0 Å². The quantitative estimate of drug-likeness (QED) is 0.862. The van der Waals surface area contributed by atoms with Crippen molar-refractivity contribution in [2.75, 3.05) is 5.32 Å². The predicted octanol–water partition coefficient (Wildman–Crippen LogP) is 2.83. The van der Waals surface area contributed by atoms with Crippen LogP contribution in [-0.2, 0) is 19.5 Å². The van der Waals surface area contributed by atoms with Crippen LogP contribution < -0.4 is 5.32 Å². The van der Waals surface area contributed by atoms with Crippen molar-refractivity contribution >= 4 is 28.3 Å². The van der Waals surface area contributed by atoms with E-state index in [0.717, 1.165) is 36.8 Å². The molecule has 0 unspecified atom stereocenters. The van der Waals surface area contributed by atoms with Gasteiger partial charge in [-0.3, -0.25) is 0 Å². The molecule has 4 nitrogen and oxygen atoms in total. The average Bonchev–Trinajstić information content (AvgIpc) is 2.81. The van der Waals surface area contributed by atoms with Crippen LogP contribution in [0.2, 0.25) is 0 Å². The molecule has 2 heterocycles. The number of hydrogen-bond donors (Lipinski definition) is 1. The molecule has 1 aliphatic heterocycles. The van der Waals surface area contributed by atoms with Crippen molar-refractivity contribution in [3.8, 4) is 0 Å². The Morgan fingerprint density at radius 1 is 1.22 bits per heavy atom. The molecule has 0 atom stereocenters. The Hall–Kier alpha value is -1.11. The Morgan fingerprint density at radius 3 is 3.00 bits per heavy atom. The zero-order valence-electron chi connectivity index (χ0n) is 10.1. The first-order valence-electron chi connectivity index (χ1n) is 6.24. The first kappa shape index (κ1) is 12.0. The third-order valence-electron chi connectivity index (χ3n) is 3.25. The minimum absolute atomic E-state index is 0.743. The van der Waals surface area contributed by atoms with Gasteiger partial charge in [-0.25, -0.2) is 0 Å². The number of aromatic nitrogens is 3. The van der Waals surface area contributed by atoms with Crippen molar-refractivity contribution in [3.63, 3.8) is 0 Å². The van der Waals surface area contributed by atoms with Crippen LogP contribution in [0.1, 0.15) is 24.5 Å². The van der Waals surface area contributed by atoms with Gasteiger partial charge in [0.05, 0.1) is 6.54 Å². The topological polar surface area (TPSA) is 42.7 Å². The van der Waals surface area contributed by atoms with Gasteiger partial charge in [-0.2, -0.15) is 0 Å². The minimum atomic E-state index is 0.743. The summed E-state index contributed by atoms with van der Waals surface area (Å²) in [7, 11) is 0. The lowest BCUT2D eigenvalue weighted by Crippen LogP contribution is -2.15. The molecule has 18 heavy (non-hydrogen) atoms. The zero-order valence-corrected chi connectivity index (χ0v) is 12.2. The molecule has 0 saturated heterocycles. The number of halogens is 1. The van der Waals surface area contributed by atoms with Gasteiger partial charge >= 0.3 is 0 Å². The van der Waals surface area contributed by atoms with Crippen LogP contribution in [0.3, 0.4) is 0 Å². The summed E-state index contributed by atoms with van der Waals surface area (Å²) >= 11 is 2.34. The molecule has 0 aliphatic carbocycles. The summed E-state index contributed by atoms with van der Waals surface area (Å²) in [6.07, 6.45) is 3.54. The molecule has 0 fully saturated rings. The van der Waals surface area contributed by atoms with Gasteiger partial charge in [-0.05, 0) is 47.6 Å². The van der Waals surface area contributed by atoms with Gasteiger partial charge in [0, 0.05) is 22.2 Å². The number of hydrogen-bond acceptors (Lipinski definition) is 3.